The van der Waals surface area contributed by atoms with Crippen LogP contribution in [-0.4, -0.2) is 6.54 Å². The monoisotopic (exact) mass is 221 g/mol. The summed E-state index contributed by atoms with van der Waals surface area (Å²) in [7, 11) is 0. The second-order valence-electron chi connectivity index (χ2n) is 4.73. The lowest BCUT2D eigenvalue weighted by Gasteiger charge is -2.15. The Labute approximate surface area is 96.9 Å². The molecule has 2 heteroatoms. The summed E-state index contributed by atoms with van der Waals surface area (Å²) in [6.07, 6.45) is 4.58. The predicted molar refractivity (Wildman–Crippen MR) is 65.0 cm³/mol. The summed E-state index contributed by atoms with van der Waals surface area (Å²) in [5.41, 5.74) is 7.52. The Bertz CT molecular complexity index is 314. The first-order chi connectivity index (χ1) is 7.81. The Morgan fingerprint density at radius 1 is 1.19 bits per heavy atom. The predicted octanol–water partition coefficient (Wildman–Crippen LogP) is 3.39. The largest absolute Gasteiger partial charge is 0.330 e. The van der Waals surface area contributed by atoms with Gasteiger partial charge in [-0.15, -0.1) is 0 Å². The summed E-state index contributed by atoms with van der Waals surface area (Å²) in [6, 6.07) is 7.86. The lowest BCUT2D eigenvalue weighted by molar-refractivity contribution is 0.235. The molecule has 1 aromatic carbocycles. The van der Waals surface area contributed by atoms with E-state index in [1.54, 1.807) is 0 Å². The molecule has 1 unspecified atom stereocenters. The van der Waals surface area contributed by atoms with E-state index in [9.17, 15) is 4.39 Å². The molecule has 1 atom stereocenters. The smallest absolute Gasteiger partial charge is 0.128 e. The topological polar surface area (TPSA) is 26.0 Å². The average Bonchev–Trinajstić information content (AvgIpc) is 2.83. The molecule has 0 amide bonds. The van der Waals surface area contributed by atoms with Gasteiger partial charge in [-0.1, -0.05) is 37.1 Å². The van der Waals surface area contributed by atoms with Gasteiger partial charge >= 0.3 is 0 Å². The first-order valence-electron chi connectivity index (χ1n) is 6.24. The quantitative estimate of drug-likeness (QED) is 0.828. The number of alkyl halides is 1. The Morgan fingerprint density at radius 2 is 1.81 bits per heavy atom. The fraction of sp³-hybridized carbons (Fsp3) is 0.571. The maximum atomic E-state index is 14.1. The van der Waals surface area contributed by atoms with Gasteiger partial charge in [0.1, 0.15) is 6.17 Å². The summed E-state index contributed by atoms with van der Waals surface area (Å²) >= 11 is 0. The molecule has 1 aliphatic carbocycles. The van der Waals surface area contributed by atoms with Crippen molar-refractivity contribution in [3.63, 3.8) is 0 Å². The molecule has 0 heterocycles. The van der Waals surface area contributed by atoms with Crippen LogP contribution in [0, 0.1) is 5.92 Å². The lowest BCUT2D eigenvalue weighted by atomic mass is 9.95. The molecule has 2 N–H and O–H groups in total. The van der Waals surface area contributed by atoms with E-state index in [2.05, 4.69) is 0 Å². The van der Waals surface area contributed by atoms with Gasteiger partial charge in [0, 0.05) is 0 Å². The maximum Gasteiger partial charge on any atom is 0.128 e. The standard InChI is InChI=1S/C14H20FN/c15-14(12-3-1-2-4-12)13-7-5-11(6-8-13)9-10-16/h5-8,12,14H,1-4,9-10,16H2. The highest BCUT2D eigenvalue weighted by atomic mass is 19.1. The SMILES string of the molecule is NCCc1ccc(C(F)C2CCCC2)cc1. The average molecular weight is 221 g/mol. The minimum Gasteiger partial charge on any atom is -0.330 e. The van der Waals surface area contributed by atoms with E-state index in [4.69, 9.17) is 5.73 Å². The van der Waals surface area contributed by atoms with Crippen molar-refractivity contribution in [2.24, 2.45) is 11.7 Å². The highest BCUT2D eigenvalue weighted by Crippen LogP contribution is 2.38. The molecule has 0 aliphatic heterocycles. The molecule has 0 radical (unpaired) electrons. The molecule has 0 aromatic heterocycles. The number of benzene rings is 1. The van der Waals surface area contributed by atoms with Crippen molar-refractivity contribution in [3.05, 3.63) is 35.4 Å². The van der Waals surface area contributed by atoms with Crippen LogP contribution in [0.4, 0.5) is 4.39 Å². The van der Waals surface area contributed by atoms with E-state index in [-0.39, 0.29) is 5.92 Å². The zero-order chi connectivity index (χ0) is 11.4. The fourth-order valence-electron chi connectivity index (χ4n) is 2.56. The zero-order valence-electron chi connectivity index (χ0n) is 9.66. The van der Waals surface area contributed by atoms with Crippen LogP contribution in [0.2, 0.25) is 0 Å². The molecule has 1 saturated carbocycles. The van der Waals surface area contributed by atoms with Crippen molar-refractivity contribution in [2.45, 2.75) is 38.3 Å². The molecule has 0 bridgehead atoms. The molecular weight excluding hydrogens is 201 g/mol. The van der Waals surface area contributed by atoms with Gasteiger partial charge in [0.15, 0.2) is 0 Å². The molecule has 1 nitrogen and oxygen atoms in total. The Balaban J connectivity index is 2.02. The number of rotatable bonds is 4. The van der Waals surface area contributed by atoms with Gasteiger partial charge in [0.05, 0.1) is 0 Å². The van der Waals surface area contributed by atoms with E-state index < -0.39 is 6.17 Å². The van der Waals surface area contributed by atoms with Gasteiger partial charge in [0.2, 0.25) is 0 Å². The van der Waals surface area contributed by atoms with Crippen molar-refractivity contribution in [1.29, 1.82) is 0 Å². The van der Waals surface area contributed by atoms with Crippen molar-refractivity contribution in [3.8, 4) is 0 Å². The summed E-state index contributed by atoms with van der Waals surface area (Å²) in [5.74, 6) is 0.250. The highest BCUT2D eigenvalue weighted by molar-refractivity contribution is 5.25. The van der Waals surface area contributed by atoms with Crippen molar-refractivity contribution >= 4 is 0 Å². The Morgan fingerprint density at radius 3 is 2.38 bits per heavy atom. The molecule has 88 valence electrons. The van der Waals surface area contributed by atoms with E-state index in [1.807, 2.05) is 24.3 Å². The molecule has 1 aliphatic rings. The normalized spacial score (nSPS) is 18.9. The molecular formula is C14H20FN. The first-order valence-corrected chi connectivity index (χ1v) is 6.24. The Hall–Kier alpha value is -0.890. The van der Waals surface area contributed by atoms with Crippen molar-refractivity contribution in [2.75, 3.05) is 6.54 Å². The summed E-state index contributed by atoms with van der Waals surface area (Å²) in [4.78, 5) is 0. The second kappa shape index (κ2) is 5.44. The second-order valence-corrected chi connectivity index (χ2v) is 4.73. The molecule has 1 fully saturated rings. The maximum absolute atomic E-state index is 14.1. The molecule has 0 saturated heterocycles. The zero-order valence-corrected chi connectivity index (χ0v) is 9.66. The minimum atomic E-state index is -0.769. The first kappa shape index (κ1) is 11.6. The van der Waals surface area contributed by atoms with Crippen LogP contribution in [-0.2, 0) is 6.42 Å². The lowest BCUT2D eigenvalue weighted by Crippen LogP contribution is -2.05. The van der Waals surface area contributed by atoms with Crippen LogP contribution < -0.4 is 5.73 Å². The van der Waals surface area contributed by atoms with Crippen LogP contribution in [0.25, 0.3) is 0 Å². The molecule has 16 heavy (non-hydrogen) atoms. The van der Waals surface area contributed by atoms with Gasteiger partial charge < -0.3 is 5.73 Å². The van der Waals surface area contributed by atoms with Gasteiger partial charge in [0.25, 0.3) is 0 Å². The summed E-state index contributed by atoms with van der Waals surface area (Å²) in [5, 5.41) is 0. The third-order valence-corrected chi connectivity index (χ3v) is 3.54. The molecule has 1 aromatic rings. The third-order valence-electron chi connectivity index (χ3n) is 3.54. The summed E-state index contributed by atoms with van der Waals surface area (Å²) in [6.45, 7) is 0.654. The van der Waals surface area contributed by atoms with E-state index in [0.29, 0.717) is 6.54 Å². The molecule has 2 rings (SSSR count). The van der Waals surface area contributed by atoms with Crippen LogP contribution in [0.3, 0.4) is 0 Å². The van der Waals surface area contributed by atoms with Crippen LogP contribution >= 0.6 is 0 Å². The highest BCUT2D eigenvalue weighted by Gasteiger charge is 2.25. The van der Waals surface area contributed by atoms with Crippen LogP contribution in [0.1, 0.15) is 43.0 Å². The van der Waals surface area contributed by atoms with Crippen molar-refractivity contribution in [1.82, 2.24) is 0 Å². The number of nitrogens with two attached hydrogens (primary N) is 1. The van der Waals surface area contributed by atoms with Crippen LogP contribution in [0.15, 0.2) is 24.3 Å². The number of hydrogen-bond acceptors (Lipinski definition) is 1. The third kappa shape index (κ3) is 2.62. The molecule has 0 spiro atoms. The van der Waals surface area contributed by atoms with E-state index >= 15 is 0 Å². The fourth-order valence-corrected chi connectivity index (χ4v) is 2.56. The van der Waals surface area contributed by atoms with E-state index in [1.165, 1.54) is 18.4 Å². The van der Waals surface area contributed by atoms with Crippen molar-refractivity contribution < 1.29 is 4.39 Å². The number of halogens is 1. The van der Waals surface area contributed by atoms with Gasteiger partial charge in [-0.2, -0.15) is 0 Å². The minimum absolute atomic E-state index is 0.250. The Kier molecular flexibility index (Phi) is 3.94. The summed E-state index contributed by atoms with van der Waals surface area (Å²) < 4.78 is 14.1. The van der Waals surface area contributed by atoms with E-state index in [0.717, 1.165) is 24.8 Å². The van der Waals surface area contributed by atoms with Gasteiger partial charge in [-0.25, -0.2) is 4.39 Å². The van der Waals surface area contributed by atoms with Gasteiger partial charge in [-0.05, 0) is 42.9 Å². The number of hydrogen-bond donors (Lipinski definition) is 1. The van der Waals surface area contributed by atoms with Crippen LogP contribution in [0.5, 0.6) is 0 Å². The van der Waals surface area contributed by atoms with Gasteiger partial charge in [-0.3, -0.25) is 0 Å².